The van der Waals surface area contributed by atoms with E-state index in [4.69, 9.17) is 18.8 Å². The van der Waals surface area contributed by atoms with Crippen molar-refractivity contribution in [1.29, 1.82) is 0 Å². The van der Waals surface area contributed by atoms with Crippen LogP contribution in [-0.4, -0.2) is 28.7 Å². The fourth-order valence-corrected chi connectivity index (χ4v) is 3.33. The average Bonchev–Trinajstić information content (AvgIpc) is 3.41. The van der Waals surface area contributed by atoms with Crippen LogP contribution in [0.4, 0.5) is 4.39 Å². The molecule has 2 aromatic heterocycles. The van der Waals surface area contributed by atoms with Gasteiger partial charge in [0.05, 0.1) is 12.8 Å². The molecule has 0 saturated heterocycles. The zero-order chi connectivity index (χ0) is 21.3. The lowest BCUT2D eigenvalue weighted by atomic mass is 9.91. The highest BCUT2D eigenvalue weighted by atomic mass is 19.1. The first-order valence-electron chi connectivity index (χ1n) is 9.44. The summed E-state index contributed by atoms with van der Waals surface area (Å²) >= 11 is 0. The third-order valence-electron chi connectivity index (χ3n) is 4.74. The van der Waals surface area contributed by atoms with Gasteiger partial charge < -0.3 is 24.7 Å². The van der Waals surface area contributed by atoms with E-state index < -0.39 is 0 Å². The number of aromatic nitrogens is 1. The summed E-state index contributed by atoms with van der Waals surface area (Å²) < 4.78 is 23.9. The molecule has 0 saturated carbocycles. The summed E-state index contributed by atoms with van der Waals surface area (Å²) in [5.74, 6) is 0.925. The van der Waals surface area contributed by atoms with E-state index in [0.717, 1.165) is 23.3 Å². The van der Waals surface area contributed by atoms with E-state index in [2.05, 4.69) is 15.8 Å². The lowest BCUT2D eigenvalue weighted by Gasteiger charge is -2.22. The van der Waals surface area contributed by atoms with Crippen molar-refractivity contribution in [3.8, 4) is 0 Å². The molecule has 1 amide bonds. The third kappa shape index (κ3) is 5.54. The van der Waals surface area contributed by atoms with Crippen LogP contribution in [0, 0.1) is 5.82 Å². The molecule has 0 radical (unpaired) electrons. The van der Waals surface area contributed by atoms with Crippen molar-refractivity contribution in [3.05, 3.63) is 76.8 Å². The zero-order valence-electron chi connectivity index (χ0n) is 16.1. The molecule has 1 aliphatic carbocycles. The number of aryl methyl sites for hydroxylation is 1. The number of carboxylic acid groups (broad SMARTS) is 1. The Bertz CT molecular complexity index is 971. The van der Waals surface area contributed by atoms with Gasteiger partial charge in [0.1, 0.15) is 17.3 Å². The van der Waals surface area contributed by atoms with Crippen molar-refractivity contribution in [2.24, 2.45) is 0 Å². The summed E-state index contributed by atoms with van der Waals surface area (Å²) in [4.78, 5) is 20.8. The smallest absolute Gasteiger partial charge is 0.290 e. The first-order chi connectivity index (χ1) is 14.6. The number of nitrogens with one attached hydrogen (secondary N) is 2. The van der Waals surface area contributed by atoms with Crippen LogP contribution >= 0.6 is 0 Å². The van der Waals surface area contributed by atoms with E-state index in [-0.39, 0.29) is 24.2 Å². The number of fused-ring (bicyclic) bond motifs is 1. The molecule has 1 atom stereocenters. The molecule has 0 aliphatic heterocycles. The molecule has 4 rings (SSSR count). The Labute approximate surface area is 172 Å². The van der Waals surface area contributed by atoms with Gasteiger partial charge in [0.2, 0.25) is 0 Å². The predicted octanol–water partition coefficient (Wildman–Crippen LogP) is 2.68. The lowest BCUT2D eigenvalue weighted by molar-refractivity contribution is -0.122. The number of carbonyl (C=O) groups excluding carboxylic acids is 1. The Hall–Kier alpha value is -3.46. The van der Waals surface area contributed by atoms with Gasteiger partial charge in [0.15, 0.2) is 5.69 Å². The highest BCUT2D eigenvalue weighted by Gasteiger charge is 2.28. The van der Waals surface area contributed by atoms with Gasteiger partial charge in [0, 0.05) is 24.6 Å². The van der Waals surface area contributed by atoms with Crippen molar-refractivity contribution in [1.82, 2.24) is 15.8 Å². The van der Waals surface area contributed by atoms with E-state index in [1.165, 1.54) is 12.1 Å². The molecule has 2 heterocycles. The molecule has 3 aromatic rings. The van der Waals surface area contributed by atoms with Crippen LogP contribution in [0.25, 0.3) is 0 Å². The van der Waals surface area contributed by atoms with E-state index in [9.17, 15) is 9.18 Å². The van der Waals surface area contributed by atoms with Gasteiger partial charge in [-0.25, -0.2) is 4.39 Å². The highest BCUT2D eigenvalue weighted by molar-refractivity contribution is 5.93. The van der Waals surface area contributed by atoms with Crippen molar-refractivity contribution in [2.45, 2.75) is 38.4 Å². The first-order valence-corrected chi connectivity index (χ1v) is 9.44. The minimum absolute atomic E-state index is 0.178. The number of furan rings is 1. The van der Waals surface area contributed by atoms with Crippen LogP contribution in [-0.2, 0) is 30.7 Å². The topological polar surface area (TPSA) is 118 Å². The van der Waals surface area contributed by atoms with Crippen LogP contribution in [0.5, 0.6) is 0 Å². The van der Waals surface area contributed by atoms with Crippen LogP contribution in [0.3, 0.4) is 0 Å². The number of hydrogen-bond donors (Lipinski definition) is 3. The third-order valence-corrected chi connectivity index (χ3v) is 4.74. The lowest BCUT2D eigenvalue weighted by Crippen LogP contribution is -2.35. The maximum Gasteiger partial charge on any atom is 0.290 e. The first kappa shape index (κ1) is 21.3. The number of hydrogen-bond acceptors (Lipinski definition) is 6. The monoisotopic (exact) mass is 415 g/mol. The summed E-state index contributed by atoms with van der Waals surface area (Å²) in [5, 5.41) is 17.1. The summed E-state index contributed by atoms with van der Waals surface area (Å²) in [5.41, 5.74) is 2.06. The zero-order valence-corrected chi connectivity index (χ0v) is 16.1. The molecule has 158 valence electrons. The molecule has 3 N–H and O–H groups in total. The van der Waals surface area contributed by atoms with Crippen molar-refractivity contribution >= 4 is 12.4 Å². The van der Waals surface area contributed by atoms with Crippen LogP contribution < -0.4 is 10.6 Å². The molecule has 0 spiro atoms. The fraction of sp³-hybridized carbons (Fsp3) is 0.286. The minimum atomic E-state index is -0.276. The summed E-state index contributed by atoms with van der Waals surface area (Å²) in [6.07, 6.45) is 3.81. The summed E-state index contributed by atoms with van der Waals surface area (Å²) in [6.45, 7) is 0.623. The number of amides is 1. The van der Waals surface area contributed by atoms with Crippen LogP contribution in [0.2, 0.25) is 0 Å². The van der Waals surface area contributed by atoms with Crippen LogP contribution in [0.15, 0.2) is 51.6 Å². The van der Waals surface area contributed by atoms with Crippen molar-refractivity contribution in [3.63, 3.8) is 0 Å². The summed E-state index contributed by atoms with van der Waals surface area (Å²) in [7, 11) is 0. The SMILES string of the molecule is O=C(NCc1ccco1)c1noc2c1CC(NCc1cccc(F)c1)CC2.O=CO. The molecular weight excluding hydrogens is 393 g/mol. The highest BCUT2D eigenvalue weighted by Crippen LogP contribution is 2.25. The van der Waals surface area contributed by atoms with Gasteiger partial charge in [-0.15, -0.1) is 0 Å². The molecule has 1 aliphatic rings. The van der Waals surface area contributed by atoms with E-state index in [1.807, 2.05) is 6.07 Å². The minimum Gasteiger partial charge on any atom is -0.483 e. The van der Waals surface area contributed by atoms with Crippen molar-refractivity contribution < 1.29 is 28.0 Å². The van der Waals surface area contributed by atoms with Gasteiger partial charge in [-0.3, -0.25) is 9.59 Å². The van der Waals surface area contributed by atoms with Gasteiger partial charge in [0.25, 0.3) is 12.4 Å². The number of benzene rings is 1. The molecule has 0 fully saturated rings. The van der Waals surface area contributed by atoms with E-state index in [1.54, 1.807) is 24.5 Å². The molecule has 8 nitrogen and oxygen atoms in total. The Kier molecular flexibility index (Phi) is 7.34. The number of nitrogens with zero attached hydrogens (tertiary/aromatic N) is 1. The van der Waals surface area contributed by atoms with Crippen molar-refractivity contribution in [2.75, 3.05) is 0 Å². The predicted molar refractivity (Wildman–Crippen MR) is 104 cm³/mol. The molecule has 30 heavy (non-hydrogen) atoms. The van der Waals surface area contributed by atoms with E-state index >= 15 is 0 Å². The summed E-state index contributed by atoms with van der Waals surface area (Å²) in [6, 6.07) is 10.3. The maximum atomic E-state index is 13.3. The fourth-order valence-electron chi connectivity index (χ4n) is 3.33. The number of rotatable bonds is 6. The molecular formula is C21H22FN3O5. The molecule has 9 heteroatoms. The molecule has 1 unspecified atom stereocenters. The maximum absolute atomic E-state index is 13.3. The number of carbonyl (C=O) groups is 2. The van der Waals surface area contributed by atoms with E-state index in [0.29, 0.717) is 37.4 Å². The Morgan fingerprint density at radius 2 is 2.13 bits per heavy atom. The van der Waals surface area contributed by atoms with Crippen LogP contribution in [0.1, 0.15) is 39.6 Å². The quantitative estimate of drug-likeness (QED) is 0.530. The second-order valence-corrected chi connectivity index (χ2v) is 6.75. The molecule has 0 bridgehead atoms. The average molecular weight is 415 g/mol. The van der Waals surface area contributed by atoms with Gasteiger partial charge >= 0.3 is 0 Å². The number of halogens is 1. The second-order valence-electron chi connectivity index (χ2n) is 6.75. The Morgan fingerprint density at radius 1 is 1.30 bits per heavy atom. The largest absolute Gasteiger partial charge is 0.483 e. The standard InChI is InChI=1S/C20H20FN3O3.CH2O2/c21-14-4-1-3-13(9-14)11-22-15-6-7-18-17(10-15)19(24-27-18)20(25)23-12-16-5-2-8-26-16;2-1-3/h1-5,8-9,15,22H,6-7,10-12H2,(H,23,25);1H,(H,2,3). The van der Waals surface area contributed by atoms with Gasteiger partial charge in [-0.1, -0.05) is 17.3 Å². The molecule has 1 aromatic carbocycles. The second kappa shape index (κ2) is 10.4. The Morgan fingerprint density at radius 3 is 2.87 bits per heavy atom. The van der Waals surface area contributed by atoms with Gasteiger partial charge in [-0.2, -0.15) is 0 Å². The normalized spacial score (nSPS) is 14.9. The van der Waals surface area contributed by atoms with Gasteiger partial charge in [-0.05, 0) is 42.7 Å². The Balaban J connectivity index is 0.000000806.